The van der Waals surface area contributed by atoms with Gasteiger partial charge in [0, 0.05) is 6.04 Å². The number of hydrogen-bond acceptors (Lipinski definition) is 1. The number of hydrogen-bond donors (Lipinski definition) is 0. The lowest BCUT2D eigenvalue weighted by Crippen LogP contribution is -2.27. The molecule has 0 spiro atoms. The van der Waals surface area contributed by atoms with E-state index in [1.165, 1.54) is 18.4 Å². The Hall–Kier alpha value is -0.890. The van der Waals surface area contributed by atoms with E-state index in [9.17, 15) is 4.39 Å². The molecule has 90 valence electrons. The SMILES string of the molecule is CCCCN(CC)C(C)c1ccc(F)cc1. The van der Waals surface area contributed by atoms with Crippen LogP contribution in [0.5, 0.6) is 0 Å². The van der Waals surface area contributed by atoms with Crippen molar-refractivity contribution in [2.45, 2.75) is 39.7 Å². The van der Waals surface area contributed by atoms with Crippen LogP contribution in [0.4, 0.5) is 4.39 Å². The fourth-order valence-corrected chi connectivity index (χ4v) is 1.94. The highest BCUT2D eigenvalue weighted by Crippen LogP contribution is 2.20. The Balaban J connectivity index is 2.66. The standard InChI is InChI=1S/C14H22FN/c1-4-6-11-16(5-2)12(3)13-7-9-14(15)10-8-13/h7-10,12H,4-6,11H2,1-3H3. The van der Waals surface area contributed by atoms with Crippen LogP contribution in [0.1, 0.15) is 45.2 Å². The molecular weight excluding hydrogens is 201 g/mol. The van der Waals surface area contributed by atoms with Crippen LogP contribution in [0.2, 0.25) is 0 Å². The minimum Gasteiger partial charge on any atom is -0.297 e. The maximum Gasteiger partial charge on any atom is 0.123 e. The third kappa shape index (κ3) is 3.60. The fourth-order valence-electron chi connectivity index (χ4n) is 1.94. The number of nitrogens with zero attached hydrogens (tertiary/aromatic N) is 1. The molecule has 0 N–H and O–H groups in total. The van der Waals surface area contributed by atoms with Crippen molar-refractivity contribution in [1.29, 1.82) is 0 Å². The molecule has 1 aromatic carbocycles. The van der Waals surface area contributed by atoms with Crippen LogP contribution in [-0.2, 0) is 0 Å². The first kappa shape index (κ1) is 13.2. The van der Waals surface area contributed by atoms with Crippen LogP contribution >= 0.6 is 0 Å². The van der Waals surface area contributed by atoms with Crippen molar-refractivity contribution in [3.05, 3.63) is 35.6 Å². The van der Waals surface area contributed by atoms with E-state index >= 15 is 0 Å². The molecule has 0 bridgehead atoms. The summed E-state index contributed by atoms with van der Waals surface area (Å²) < 4.78 is 12.8. The van der Waals surface area contributed by atoms with E-state index < -0.39 is 0 Å². The molecule has 0 heterocycles. The van der Waals surface area contributed by atoms with Gasteiger partial charge < -0.3 is 0 Å². The summed E-state index contributed by atoms with van der Waals surface area (Å²) in [4.78, 5) is 2.43. The molecule has 1 nitrogen and oxygen atoms in total. The zero-order chi connectivity index (χ0) is 12.0. The summed E-state index contributed by atoms with van der Waals surface area (Å²) in [6, 6.07) is 7.22. The van der Waals surface area contributed by atoms with Crippen molar-refractivity contribution in [1.82, 2.24) is 4.90 Å². The van der Waals surface area contributed by atoms with Gasteiger partial charge in [0.2, 0.25) is 0 Å². The molecule has 0 amide bonds. The number of unbranched alkanes of at least 4 members (excludes halogenated alkanes) is 1. The lowest BCUT2D eigenvalue weighted by molar-refractivity contribution is 0.218. The molecule has 0 saturated heterocycles. The maximum atomic E-state index is 12.8. The third-order valence-electron chi connectivity index (χ3n) is 3.11. The quantitative estimate of drug-likeness (QED) is 0.704. The first-order chi connectivity index (χ1) is 7.69. The molecule has 0 aliphatic rings. The number of rotatable bonds is 6. The van der Waals surface area contributed by atoms with Gasteiger partial charge in [-0.2, -0.15) is 0 Å². The molecule has 0 fully saturated rings. The van der Waals surface area contributed by atoms with Crippen molar-refractivity contribution >= 4 is 0 Å². The molecule has 1 atom stereocenters. The Morgan fingerprint density at radius 3 is 2.31 bits per heavy atom. The Bertz CT molecular complexity index is 294. The monoisotopic (exact) mass is 223 g/mol. The second-order valence-electron chi connectivity index (χ2n) is 4.21. The fraction of sp³-hybridized carbons (Fsp3) is 0.571. The van der Waals surface area contributed by atoms with Gasteiger partial charge in [0.25, 0.3) is 0 Å². The van der Waals surface area contributed by atoms with E-state index in [0.717, 1.165) is 13.1 Å². The summed E-state index contributed by atoms with van der Waals surface area (Å²) in [5.41, 5.74) is 1.19. The predicted molar refractivity (Wildman–Crippen MR) is 67.0 cm³/mol. The first-order valence-electron chi connectivity index (χ1n) is 6.18. The van der Waals surface area contributed by atoms with Crippen LogP contribution in [-0.4, -0.2) is 18.0 Å². The van der Waals surface area contributed by atoms with Gasteiger partial charge in [0.05, 0.1) is 0 Å². The Morgan fingerprint density at radius 2 is 1.81 bits per heavy atom. The highest BCUT2D eigenvalue weighted by Gasteiger charge is 2.13. The molecule has 0 aliphatic carbocycles. The van der Waals surface area contributed by atoms with Crippen LogP contribution < -0.4 is 0 Å². The molecule has 1 unspecified atom stereocenters. The first-order valence-corrected chi connectivity index (χ1v) is 6.18. The molecular formula is C14H22FN. The van der Waals surface area contributed by atoms with Crippen molar-refractivity contribution < 1.29 is 4.39 Å². The molecule has 0 saturated carbocycles. The van der Waals surface area contributed by atoms with Gasteiger partial charge in [-0.3, -0.25) is 4.90 Å². The average molecular weight is 223 g/mol. The van der Waals surface area contributed by atoms with Crippen molar-refractivity contribution in [2.75, 3.05) is 13.1 Å². The second-order valence-corrected chi connectivity index (χ2v) is 4.21. The van der Waals surface area contributed by atoms with Crippen LogP contribution in [0, 0.1) is 5.82 Å². The number of benzene rings is 1. The Labute approximate surface area is 98.3 Å². The van der Waals surface area contributed by atoms with E-state index in [0.29, 0.717) is 6.04 Å². The zero-order valence-electron chi connectivity index (χ0n) is 10.5. The molecule has 1 aromatic rings. The second kappa shape index (κ2) is 6.64. The van der Waals surface area contributed by atoms with Crippen LogP contribution in [0.3, 0.4) is 0 Å². The summed E-state index contributed by atoms with van der Waals surface area (Å²) in [5.74, 6) is -0.160. The summed E-state index contributed by atoms with van der Waals surface area (Å²) >= 11 is 0. The van der Waals surface area contributed by atoms with E-state index in [1.54, 1.807) is 12.1 Å². The van der Waals surface area contributed by atoms with Gasteiger partial charge in [0.15, 0.2) is 0 Å². The van der Waals surface area contributed by atoms with Gasteiger partial charge in [0.1, 0.15) is 5.82 Å². The highest BCUT2D eigenvalue weighted by atomic mass is 19.1. The Kier molecular flexibility index (Phi) is 5.47. The van der Waals surface area contributed by atoms with Crippen LogP contribution in [0.15, 0.2) is 24.3 Å². The molecule has 2 heteroatoms. The normalized spacial score (nSPS) is 13.1. The van der Waals surface area contributed by atoms with Crippen molar-refractivity contribution in [3.63, 3.8) is 0 Å². The largest absolute Gasteiger partial charge is 0.297 e. The summed E-state index contributed by atoms with van der Waals surface area (Å²) in [6.07, 6.45) is 2.44. The van der Waals surface area contributed by atoms with Gasteiger partial charge in [-0.25, -0.2) is 4.39 Å². The van der Waals surface area contributed by atoms with Gasteiger partial charge in [-0.1, -0.05) is 32.4 Å². The molecule has 1 rings (SSSR count). The van der Waals surface area contributed by atoms with E-state index in [1.807, 2.05) is 12.1 Å². The third-order valence-corrected chi connectivity index (χ3v) is 3.11. The lowest BCUT2D eigenvalue weighted by atomic mass is 10.1. The average Bonchev–Trinajstić information content (AvgIpc) is 2.30. The number of halogens is 1. The highest BCUT2D eigenvalue weighted by molar-refractivity contribution is 5.19. The Morgan fingerprint density at radius 1 is 1.19 bits per heavy atom. The van der Waals surface area contributed by atoms with Crippen LogP contribution in [0.25, 0.3) is 0 Å². The minimum absolute atomic E-state index is 0.160. The van der Waals surface area contributed by atoms with Gasteiger partial charge in [-0.05, 0) is 44.1 Å². The zero-order valence-corrected chi connectivity index (χ0v) is 10.5. The van der Waals surface area contributed by atoms with E-state index in [4.69, 9.17) is 0 Å². The minimum atomic E-state index is -0.160. The predicted octanol–water partition coefficient (Wildman–Crippen LogP) is 4.01. The lowest BCUT2D eigenvalue weighted by Gasteiger charge is -2.28. The summed E-state index contributed by atoms with van der Waals surface area (Å²) in [7, 11) is 0. The summed E-state index contributed by atoms with van der Waals surface area (Å²) in [6.45, 7) is 8.72. The molecule has 0 aliphatic heterocycles. The molecule has 0 aromatic heterocycles. The van der Waals surface area contributed by atoms with E-state index in [2.05, 4.69) is 25.7 Å². The molecule has 0 radical (unpaired) electrons. The van der Waals surface area contributed by atoms with Crippen molar-refractivity contribution in [2.24, 2.45) is 0 Å². The molecule has 16 heavy (non-hydrogen) atoms. The van der Waals surface area contributed by atoms with E-state index in [-0.39, 0.29) is 5.82 Å². The smallest absolute Gasteiger partial charge is 0.123 e. The van der Waals surface area contributed by atoms with Gasteiger partial charge in [-0.15, -0.1) is 0 Å². The van der Waals surface area contributed by atoms with Crippen molar-refractivity contribution in [3.8, 4) is 0 Å². The topological polar surface area (TPSA) is 3.24 Å². The van der Waals surface area contributed by atoms with Gasteiger partial charge >= 0.3 is 0 Å². The maximum absolute atomic E-state index is 12.8. The summed E-state index contributed by atoms with van der Waals surface area (Å²) in [5, 5.41) is 0.